The van der Waals surface area contributed by atoms with Crippen molar-refractivity contribution >= 4 is 17.4 Å². The number of hydrogen-bond acceptors (Lipinski definition) is 8. The van der Waals surface area contributed by atoms with E-state index in [1.807, 2.05) is 19.1 Å². The Morgan fingerprint density at radius 3 is 2.77 bits per heavy atom. The molecule has 0 saturated heterocycles. The van der Waals surface area contributed by atoms with Crippen molar-refractivity contribution < 1.29 is 14.6 Å². The van der Waals surface area contributed by atoms with Crippen LogP contribution < -0.4 is 5.32 Å². The molecule has 2 N–H and O–H groups in total. The molecule has 0 aliphatic heterocycles. The second-order valence-corrected chi connectivity index (χ2v) is 7.05. The number of anilines is 2. The molecule has 0 bridgehead atoms. The predicted molar refractivity (Wildman–Crippen MR) is 115 cm³/mol. The van der Waals surface area contributed by atoms with E-state index >= 15 is 0 Å². The van der Waals surface area contributed by atoms with Crippen molar-refractivity contribution in [3.8, 4) is 17.3 Å². The van der Waals surface area contributed by atoms with Gasteiger partial charge in [0.2, 0.25) is 5.95 Å². The lowest BCUT2D eigenvalue weighted by molar-refractivity contribution is 0.0938. The fourth-order valence-corrected chi connectivity index (χ4v) is 3.08. The van der Waals surface area contributed by atoms with E-state index in [1.54, 1.807) is 35.4 Å². The van der Waals surface area contributed by atoms with Gasteiger partial charge >= 0.3 is 0 Å². The Bertz CT molecular complexity index is 1070. The van der Waals surface area contributed by atoms with E-state index in [0.717, 1.165) is 16.8 Å². The van der Waals surface area contributed by atoms with Crippen molar-refractivity contribution in [1.29, 1.82) is 5.26 Å². The smallest absolute Gasteiger partial charge is 0.227 e. The first-order valence-electron chi connectivity index (χ1n) is 9.80. The van der Waals surface area contributed by atoms with Gasteiger partial charge in [-0.3, -0.25) is 9.48 Å². The Morgan fingerprint density at radius 1 is 1.32 bits per heavy atom. The normalized spacial score (nSPS) is 11.7. The molecule has 0 unspecified atom stereocenters. The number of nitrogens with zero attached hydrogens (tertiary/aromatic N) is 5. The molecule has 0 spiro atoms. The van der Waals surface area contributed by atoms with Crippen LogP contribution in [-0.2, 0) is 11.3 Å². The van der Waals surface area contributed by atoms with Gasteiger partial charge in [-0.15, -0.1) is 0 Å². The van der Waals surface area contributed by atoms with Gasteiger partial charge in [-0.2, -0.15) is 10.4 Å². The van der Waals surface area contributed by atoms with Gasteiger partial charge in [0.1, 0.15) is 0 Å². The van der Waals surface area contributed by atoms with Crippen LogP contribution in [0, 0.1) is 24.2 Å². The zero-order chi connectivity index (χ0) is 22.2. The molecule has 0 radical (unpaired) electrons. The molecule has 1 aromatic carbocycles. The van der Waals surface area contributed by atoms with Crippen molar-refractivity contribution in [3.63, 3.8) is 0 Å². The van der Waals surface area contributed by atoms with E-state index in [9.17, 15) is 4.79 Å². The number of aliphatic hydroxyl groups is 1. The van der Waals surface area contributed by atoms with Crippen molar-refractivity contribution in [2.45, 2.75) is 19.9 Å². The Kier molecular flexibility index (Phi) is 7.43. The highest BCUT2D eigenvalue weighted by Crippen LogP contribution is 2.24. The van der Waals surface area contributed by atoms with Gasteiger partial charge in [0.25, 0.3) is 0 Å². The molecule has 3 rings (SSSR count). The van der Waals surface area contributed by atoms with Crippen LogP contribution in [0.1, 0.15) is 22.3 Å². The minimum Gasteiger partial charge on any atom is -0.394 e. The molecule has 0 aliphatic carbocycles. The lowest BCUT2D eigenvalue weighted by Crippen LogP contribution is -2.12. The number of aryl methyl sites for hydroxylation is 1. The minimum absolute atomic E-state index is 0.00828. The highest BCUT2D eigenvalue weighted by atomic mass is 16.5. The third kappa shape index (κ3) is 5.72. The van der Waals surface area contributed by atoms with Crippen LogP contribution in [0.2, 0.25) is 0 Å². The quantitative estimate of drug-likeness (QED) is 0.480. The number of rotatable bonds is 10. The van der Waals surface area contributed by atoms with Gasteiger partial charge < -0.3 is 15.2 Å². The maximum absolute atomic E-state index is 12.4. The molecule has 0 fully saturated rings. The summed E-state index contributed by atoms with van der Waals surface area (Å²) in [5.41, 5.74) is 3.75. The predicted octanol–water partition coefficient (Wildman–Crippen LogP) is 2.74. The van der Waals surface area contributed by atoms with E-state index in [0.29, 0.717) is 23.7 Å². The van der Waals surface area contributed by atoms with E-state index in [1.165, 1.54) is 7.11 Å². The summed E-state index contributed by atoms with van der Waals surface area (Å²) in [5.74, 6) is -0.144. The third-order valence-electron chi connectivity index (χ3n) is 4.65. The highest BCUT2D eigenvalue weighted by molar-refractivity contribution is 5.96. The number of hydrogen-bond donors (Lipinski definition) is 2. The number of ketones is 1. The van der Waals surface area contributed by atoms with Crippen LogP contribution in [0.3, 0.4) is 0 Å². The zero-order valence-corrected chi connectivity index (χ0v) is 17.4. The monoisotopic (exact) mass is 420 g/mol. The topological polar surface area (TPSA) is 126 Å². The van der Waals surface area contributed by atoms with Crippen molar-refractivity contribution in [2.75, 3.05) is 25.6 Å². The summed E-state index contributed by atoms with van der Waals surface area (Å²) < 4.78 is 6.60. The number of ether oxygens (including phenoxy) is 1. The van der Waals surface area contributed by atoms with Crippen LogP contribution in [-0.4, -0.2) is 51.0 Å². The maximum Gasteiger partial charge on any atom is 0.227 e. The van der Waals surface area contributed by atoms with E-state index in [-0.39, 0.29) is 25.4 Å². The van der Waals surface area contributed by atoms with E-state index < -0.39 is 5.92 Å². The standard InChI is InChI=1S/C22H24N6O3/c1-15-11-24-22(26-19-12-25-28(13-19)7-8-29)27-21(15)18-5-3-17(4-6-18)20(30)9-16(10-23)14-31-2/h3-6,11-13,16,29H,7-9,14H2,1-2H3,(H,24,26,27)/t16-/m1/s1. The lowest BCUT2D eigenvalue weighted by Gasteiger charge is -2.10. The van der Waals surface area contributed by atoms with Gasteiger partial charge in [0.15, 0.2) is 5.78 Å². The molecule has 0 amide bonds. The van der Waals surface area contributed by atoms with Crippen molar-refractivity contribution in [1.82, 2.24) is 19.7 Å². The second-order valence-electron chi connectivity index (χ2n) is 7.05. The molecular weight excluding hydrogens is 396 g/mol. The van der Waals surface area contributed by atoms with Crippen LogP contribution in [0.15, 0.2) is 42.9 Å². The summed E-state index contributed by atoms with van der Waals surface area (Å²) >= 11 is 0. The van der Waals surface area contributed by atoms with Crippen LogP contribution in [0.4, 0.5) is 11.6 Å². The Morgan fingerprint density at radius 2 is 2.10 bits per heavy atom. The average Bonchev–Trinajstić information content (AvgIpc) is 3.22. The fourth-order valence-electron chi connectivity index (χ4n) is 3.08. The van der Waals surface area contributed by atoms with Crippen molar-refractivity contribution in [2.24, 2.45) is 5.92 Å². The first-order chi connectivity index (χ1) is 15.0. The summed E-state index contributed by atoms with van der Waals surface area (Å²) in [4.78, 5) is 21.4. The number of aromatic nitrogens is 4. The molecule has 3 aromatic rings. The zero-order valence-electron chi connectivity index (χ0n) is 17.4. The van der Waals surface area contributed by atoms with Crippen LogP contribution in [0.25, 0.3) is 11.3 Å². The molecule has 0 aliphatic rings. The number of carbonyl (C=O) groups is 1. The molecule has 9 nitrogen and oxygen atoms in total. The molecule has 1 atom stereocenters. The maximum atomic E-state index is 12.4. The van der Waals surface area contributed by atoms with Gasteiger partial charge in [-0.25, -0.2) is 9.97 Å². The average molecular weight is 420 g/mol. The van der Waals surface area contributed by atoms with Crippen molar-refractivity contribution in [3.05, 3.63) is 54.0 Å². The Labute approximate surface area is 180 Å². The molecule has 2 heterocycles. The molecule has 0 saturated carbocycles. The third-order valence-corrected chi connectivity index (χ3v) is 4.65. The number of nitriles is 1. The highest BCUT2D eigenvalue weighted by Gasteiger charge is 2.15. The number of Topliss-reactive ketones (excluding diaryl/α,β-unsaturated/α-hetero) is 1. The summed E-state index contributed by atoms with van der Waals surface area (Å²) in [6, 6.07) is 9.25. The number of carbonyl (C=O) groups excluding carboxylic acids is 1. The van der Waals surface area contributed by atoms with Gasteiger partial charge in [-0.05, 0) is 12.5 Å². The summed E-state index contributed by atoms with van der Waals surface area (Å²) in [6.07, 6.45) is 5.24. The molecular formula is C22H24N6O3. The number of methoxy groups -OCH3 is 1. The number of aliphatic hydroxyl groups excluding tert-OH is 1. The first-order valence-corrected chi connectivity index (χ1v) is 9.80. The number of benzene rings is 1. The summed E-state index contributed by atoms with van der Waals surface area (Å²) in [5, 5.41) is 25.4. The molecule has 31 heavy (non-hydrogen) atoms. The lowest BCUT2D eigenvalue weighted by atomic mass is 9.98. The van der Waals surface area contributed by atoms with Crippen LogP contribution in [0.5, 0.6) is 0 Å². The van der Waals surface area contributed by atoms with E-state index in [4.69, 9.17) is 15.1 Å². The SMILES string of the molecule is COC[C@@H](C#N)CC(=O)c1ccc(-c2nc(Nc3cnn(CCO)c3)ncc2C)cc1. The van der Waals surface area contributed by atoms with E-state index in [2.05, 4.69) is 26.5 Å². The Hall–Kier alpha value is -3.61. The summed E-state index contributed by atoms with van der Waals surface area (Å²) in [6.45, 7) is 2.57. The second kappa shape index (κ2) is 10.4. The van der Waals surface area contributed by atoms with Gasteiger partial charge in [0.05, 0.1) is 49.3 Å². The molecule has 2 aromatic heterocycles. The summed E-state index contributed by atoms with van der Waals surface area (Å²) in [7, 11) is 1.51. The number of nitrogens with one attached hydrogen (secondary N) is 1. The molecule has 9 heteroatoms. The van der Waals surface area contributed by atoms with Crippen LogP contribution >= 0.6 is 0 Å². The Balaban J connectivity index is 1.75. The van der Waals surface area contributed by atoms with Gasteiger partial charge in [-0.1, -0.05) is 24.3 Å². The van der Waals surface area contributed by atoms with Gasteiger partial charge in [0, 0.05) is 37.1 Å². The molecule has 160 valence electrons. The largest absolute Gasteiger partial charge is 0.394 e. The fraction of sp³-hybridized carbons (Fsp3) is 0.318. The minimum atomic E-state index is -0.461. The first kappa shape index (κ1) is 22.1.